The number of pyridine rings is 3. The van der Waals surface area contributed by atoms with Crippen LogP contribution in [0.2, 0.25) is 0 Å². The van der Waals surface area contributed by atoms with Crippen molar-refractivity contribution in [2.24, 2.45) is 0 Å². The number of nitrogens with one attached hydrogen (secondary N) is 3. The number of nitrogens with zero attached hydrogens (tertiary/aromatic N) is 9. The Hall–Kier alpha value is -8.42. The third-order valence-corrected chi connectivity index (χ3v) is 14.9. The Labute approximate surface area is 440 Å². The summed E-state index contributed by atoms with van der Waals surface area (Å²) in [5, 5.41) is 8.67. The molecule has 5 aliphatic heterocycles. The number of benzene rings is 2. The third-order valence-electron chi connectivity index (χ3n) is 14.9. The number of piperazine rings is 1. The van der Waals surface area contributed by atoms with Gasteiger partial charge in [0.25, 0.3) is 11.8 Å². The van der Waals surface area contributed by atoms with Crippen molar-refractivity contribution in [2.45, 2.75) is 65.3 Å². The molecule has 3 saturated heterocycles. The number of halogens is 1. The molecule has 3 fully saturated rings. The van der Waals surface area contributed by atoms with Crippen molar-refractivity contribution >= 4 is 69.1 Å². The van der Waals surface area contributed by atoms with Crippen LogP contribution in [-0.4, -0.2) is 122 Å². The largest absolute Gasteiger partial charge is 0.399 e. The topological polar surface area (TPSA) is 200 Å². The number of amides is 4. The molecule has 10 heterocycles. The number of fused-ring (bicyclic) bond motifs is 4. The maximum Gasteiger partial charge on any atom is 0.255 e. The summed E-state index contributed by atoms with van der Waals surface area (Å²) in [5.74, 6) is -0.698. The number of nitrogen functional groups attached to an aromatic ring is 1. The second-order valence-corrected chi connectivity index (χ2v) is 19.3. The van der Waals surface area contributed by atoms with E-state index in [2.05, 4.69) is 59.3 Å². The van der Waals surface area contributed by atoms with E-state index in [1.807, 2.05) is 88.9 Å². The van der Waals surface area contributed by atoms with Crippen LogP contribution in [-0.2, 0) is 27.4 Å². The minimum atomic E-state index is -0.609. The van der Waals surface area contributed by atoms with Gasteiger partial charge in [0.05, 0.1) is 59.6 Å². The number of rotatable bonds is 12. The van der Waals surface area contributed by atoms with Crippen molar-refractivity contribution in [2.75, 3.05) is 73.3 Å². The Morgan fingerprint density at radius 2 is 1.59 bits per heavy atom. The van der Waals surface area contributed by atoms with Gasteiger partial charge >= 0.3 is 0 Å². The minimum absolute atomic E-state index is 0. The van der Waals surface area contributed by atoms with E-state index in [0.29, 0.717) is 54.4 Å². The van der Waals surface area contributed by atoms with E-state index in [9.17, 15) is 23.6 Å². The van der Waals surface area contributed by atoms with Crippen LogP contribution < -0.4 is 31.5 Å². The molecule has 12 rings (SSSR count). The normalized spacial score (nSPS) is 18.0. The van der Waals surface area contributed by atoms with E-state index in [-0.39, 0.29) is 43.5 Å². The zero-order chi connectivity index (χ0) is 51.7. The van der Waals surface area contributed by atoms with Crippen molar-refractivity contribution < 1.29 is 28.3 Å². The molecule has 4 amide bonds. The highest BCUT2D eigenvalue weighted by molar-refractivity contribution is 6.07. The molecule has 5 aromatic heterocycles. The molecule has 18 nitrogen and oxygen atoms in total. The van der Waals surface area contributed by atoms with Crippen LogP contribution in [0.25, 0.3) is 28.1 Å². The first-order valence-corrected chi connectivity index (χ1v) is 25.4. The predicted molar refractivity (Wildman–Crippen MR) is 292 cm³/mol. The zero-order valence-electron chi connectivity index (χ0n) is 41.7. The van der Waals surface area contributed by atoms with Crippen LogP contribution >= 0.6 is 0 Å². The van der Waals surface area contributed by atoms with Gasteiger partial charge in [-0.25, -0.2) is 19.3 Å². The van der Waals surface area contributed by atoms with Crippen molar-refractivity contribution in [1.82, 2.24) is 44.2 Å². The lowest BCUT2D eigenvalue weighted by Crippen LogP contribution is -2.52. The maximum atomic E-state index is 13.8. The quantitative estimate of drug-likeness (QED) is 0.0707. The molecule has 19 heteroatoms. The third kappa shape index (κ3) is 10.2. The maximum absolute atomic E-state index is 13.8. The van der Waals surface area contributed by atoms with Crippen LogP contribution in [0.1, 0.15) is 77.6 Å². The zero-order valence-corrected chi connectivity index (χ0v) is 41.7. The summed E-state index contributed by atoms with van der Waals surface area (Å²) in [5.41, 5.74) is 17.3. The van der Waals surface area contributed by atoms with Crippen molar-refractivity contribution in [3.63, 3.8) is 0 Å². The number of nitrogens with two attached hydrogens (primary N) is 1. The van der Waals surface area contributed by atoms with Gasteiger partial charge in [-0.3, -0.25) is 38.2 Å². The van der Waals surface area contributed by atoms with Gasteiger partial charge in [0.15, 0.2) is 0 Å². The molecule has 5 N–H and O–H groups in total. The molecule has 1 unspecified atom stereocenters. The van der Waals surface area contributed by atoms with Crippen molar-refractivity contribution in [1.29, 1.82) is 0 Å². The fraction of sp³-hybridized carbons (Fsp3) is 0.316. The number of carbonyl (C=O) groups is 4. The molecule has 0 spiro atoms. The van der Waals surface area contributed by atoms with Gasteiger partial charge in [0.2, 0.25) is 11.8 Å². The molecular formula is C57H62FN13O5. The van der Waals surface area contributed by atoms with Crippen molar-refractivity contribution in [3.05, 3.63) is 150 Å². The second-order valence-electron chi connectivity index (χ2n) is 19.3. The van der Waals surface area contributed by atoms with E-state index in [1.165, 1.54) is 12.1 Å². The summed E-state index contributed by atoms with van der Waals surface area (Å²) in [6, 6.07) is 19.7. The molecule has 7 aromatic rings. The summed E-state index contributed by atoms with van der Waals surface area (Å²) in [6.45, 7) is 13.4. The molecule has 76 heavy (non-hydrogen) atoms. The first-order valence-electron chi connectivity index (χ1n) is 25.4. The number of imide groups is 1. The number of allylic oxidation sites excluding steroid dienone is 3. The number of carbonyl (C=O) groups excluding carboxylic acids is 4. The Bertz CT molecular complexity index is 3390. The molecule has 392 valence electrons. The Balaban J connectivity index is 0.000000354. The van der Waals surface area contributed by atoms with E-state index in [0.717, 1.165) is 115 Å². The van der Waals surface area contributed by atoms with Gasteiger partial charge in [-0.05, 0) is 91.4 Å². The first kappa shape index (κ1) is 51.1. The lowest BCUT2D eigenvalue weighted by atomic mass is 9.99. The number of imidazole rings is 2. The fourth-order valence-corrected chi connectivity index (χ4v) is 10.8. The number of anilines is 5. The molecule has 1 atom stereocenters. The van der Waals surface area contributed by atoms with Gasteiger partial charge < -0.3 is 35.8 Å². The number of piperidine rings is 2. The summed E-state index contributed by atoms with van der Waals surface area (Å²) in [7, 11) is 0. The first-order chi connectivity index (χ1) is 36.5. The van der Waals surface area contributed by atoms with Crippen LogP contribution in [0.4, 0.5) is 33.0 Å². The molecule has 0 saturated carbocycles. The van der Waals surface area contributed by atoms with Gasteiger partial charge in [-0.15, -0.1) is 0 Å². The van der Waals surface area contributed by atoms with Crippen LogP contribution in [0, 0.1) is 5.82 Å². The lowest BCUT2D eigenvalue weighted by Gasteiger charge is -2.37. The smallest absolute Gasteiger partial charge is 0.255 e. The van der Waals surface area contributed by atoms with E-state index in [1.54, 1.807) is 17.3 Å². The molecule has 2 aromatic carbocycles. The number of hydrogen-bond donors (Lipinski definition) is 4. The monoisotopic (exact) mass is 1030 g/mol. The Morgan fingerprint density at radius 1 is 0.842 bits per heavy atom. The predicted octanol–water partition coefficient (Wildman–Crippen LogP) is 7.23. The summed E-state index contributed by atoms with van der Waals surface area (Å²) in [4.78, 5) is 72.2. The van der Waals surface area contributed by atoms with Gasteiger partial charge in [-0.1, -0.05) is 32.2 Å². The highest BCUT2D eigenvalue weighted by Gasteiger charge is 2.39. The summed E-state index contributed by atoms with van der Waals surface area (Å²) in [6.07, 6.45) is 15.5. The molecule has 5 aliphatic rings. The van der Waals surface area contributed by atoms with Crippen LogP contribution in [0.15, 0.2) is 116 Å². The molecular weight excluding hydrogens is 966 g/mol. The number of ether oxygens (including phenoxy) is 1. The SMILES string of the molecule is C.C=C/C(=C/C)c1cnc2cc(N)ccn12.O=C1CCC(N2Cc3cc(N4CCN(CCOC5CCN(c6ccc(Nc7ccc(-c8cnc9cc(F)ccn89)c8c7C(=O)NC8)nc6)CC5)CC4)ccc3C2=O)C(=O)N1. The fourth-order valence-electron chi connectivity index (χ4n) is 10.8. The molecule has 0 aliphatic carbocycles. The highest BCUT2D eigenvalue weighted by Crippen LogP contribution is 2.36. The van der Waals surface area contributed by atoms with Gasteiger partial charge in [-0.2, -0.15) is 0 Å². The van der Waals surface area contributed by atoms with Crippen molar-refractivity contribution in [3.8, 4) is 11.3 Å². The average Bonchev–Trinajstić information content (AvgIpc) is 4.22. The van der Waals surface area contributed by atoms with Gasteiger partial charge in [0, 0.05) is 112 Å². The van der Waals surface area contributed by atoms with Crippen LogP contribution in [0.3, 0.4) is 0 Å². The van der Waals surface area contributed by atoms with E-state index in [4.69, 9.17) is 15.5 Å². The highest BCUT2D eigenvalue weighted by atomic mass is 19.1. The van der Waals surface area contributed by atoms with E-state index < -0.39 is 11.9 Å². The average molecular weight is 1030 g/mol. The van der Waals surface area contributed by atoms with E-state index >= 15 is 0 Å². The Kier molecular flexibility index (Phi) is 14.7. The number of hydrogen-bond acceptors (Lipinski definition) is 13. The van der Waals surface area contributed by atoms with Gasteiger partial charge in [0.1, 0.15) is 29.0 Å². The summed E-state index contributed by atoms with van der Waals surface area (Å²) < 4.78 is 24.0. The number of aromatic nitrogens is 5. The molecule has 0 radical (unpaired) electrons. The summed E-state index contributed by atoms with van der Waals surface area (Å²) >= 11 is 0. The molecule has 0 bridgehead atoms. The lowest BCUT2D eigenvalue weighted by molar-refractivity contribution is -0.136. The minimum Gasteiger partial charge on any atom is -0.399 e. The van der Waals surface area contributed by atoms with Crippen LogP contribution in [0.5, 0.6) is 0 Å². The Morgan fingerprint density at radius 3 is 2.36 bits per heavy atom. The standard InChI is InChI=1S/C44H45FN10O5.C12H13N3.CH4/c45-28-9-14-54-37(25-47-39(54)22-28)33-4-5-35(41-34(33)24-48-43(41)58)49-38-7-2-30(23-46-38)52-12-10-31(11-13-52)60-20-19-51-15-17-53(18-16-51)29-1-3-32-27(21-29)26-55(44(32)59)36-6-8-40(56)50-42(36)57;1-3-9(4-2)11-8-14-12-7-10(13)5-6-15(11)12;/h1-5,7,9,14,21-23,25,31,36H,6,8,10-13,15-20,24,26H2,(H,46,49)(H,48,58)(H,50,56,57);3-8H,1,13H2,2H3;1H4/b;9-4-;. The second kappa shape index (κ2) is 21.8.